The van der Waals surface area contributed by atoms with Crippen molar-refractivity contribution in [3.05, 3.63) is 29.3 Å². The van der Waals surface area contributed by atoms with Crippen LogP contribution in [0.4, 0.5) is 14.5 Å². The zero-order valence-electron chi connectivity index (χ0n) is 10.9. The Morgan fingerprint density at radius 1 is 1.33 bits per heavy atom. The fourth-order valence-electron chi connectivity index (χ4n) is 1.38. The number of aromatic carboxylic acids is 1. The van der Waals surface area contributed by atoms with Gasteiger partial charge in [0.25, 0.3) is 5.91 Å². The van der Waals surface area contributed by atoms with Gasteiger partial charge in [-0.25, -0.2) is 18.4 Å². The topological polar surface area (TPSA) is 119 Å². The molecule has 0 aliphatic carbocycles. The molecule has 0 aliphatic heterocycles. The largest absolute Gasteiger partial charge is 0.478 e. The second-order valence-corrected chi connectivity index (χ2v) is 3.84. The minimum Gasteiger partial charge on any atom is -0.478 e. The molecule has 114 valence electrons. The first-order chi connectivity index (χ1) is 9.77. The van der Waals surface area contributed by atoms with Gasteiger partial charge in [-0.1, -0.05) is 0 Å². The third kappa shape index (κ3) is 3.96. The van der Waals surface area contributed by atoms with E-state index in [1.807, 2.05) is 5.32 Å². The van der Waals surface area contributed by atoms with Crippen molar-refractivity contribution in [1.29, 1.82) is 0 Å². The zero-order valence-corrected chi connectivity index (χ0v) is 10.9. The van der Waals surface area contributed by atoms with E-state index in [0.29, 0.717) is 12.1 Å². The van der Waals surface area contributed by atoms with E-state index >= 15 is 0 Å². The Kier molecular flexibility index (Phi) is 5.30. The summed E-state index contributed by atoms with van der Waals surface area (Å²) in [5, 5.41) is 10.8. The molecule has 0 aliphatic rings. The average Bonchev–Trinajstić information content (AvgIpc) is 2.41. The third-order valence-electron chi connectivity index (χ3n) is 2.37. The Bertz CT molecular complexity index is 591. The van der Waals surface area contributed by atoms with E-state index in [1.54, 1.807) is 0 Å². The SMILES string of the molecule is CCOC(=O)C(N)C(=O)Nc1cc(F)c(F)cc1C(=O)O. The molecule has 1 amide bonds. The van der Waals surface area contributed by atoms with E-state index in [4.69, 9.17) is 10.8 Å². The van der Waals surface area contributed by atoms with Gasteiger partial charge in [-0.2, -0.15) is 0 Å². The van der Waals surface area contributed by atoms with Crippen LogP contribution >= 0.6 is 0 Å². The number of rotatable bonds is 5. The normalized spacial score (nSPS) is 11.6. The Labute approximate surface area is 117 Å². The van der Waals surface area contributed by atoms with Crippen molar-refractivity contribution in [3.63, 3.8) is 0 Å². The molecule has 21 heavy (non-hydrogen) atoms. The monoisotopic (exact) mass is 302 g/mol. The van der Waals surface area contributed by atoms with Gasteiger partial charge in [0.1, 0.15) is 0 Å². The summed E-state index contributed by atoms with van der Waals surface area (Å²) in [6.07, 6.45) is 0. The Balaban J connectivity index is 3.02. The van der Waals surface area contributed by atoms with E-state index in [-0.39, 0.29) is 6.61 Å². The maximum absolute atomic E-state index is 13.1. The number of hydrogen-bond acceptors (Lipinski definition) is 5. The van der Waals surface area contributed by atoms with Crippen molar-refractivity contribution >= 4 is 23.5 Å². The predicted molar refractivity (Wildman–Crippen MR) is 66.6 cm³/mol. The molecule has 0 spiro atoms. The van der Waals surface area contributed by atoms with E-state index in [2.05, 4.69) is 4.74 Å². The number of carboxylic acid groups (broad SMARTS) is 1. The molecule has 0 heterocycles. The molecule has 0 fully saturated rings. The van der Waals surface area contributed by atoms with Gasteiger partial charge < -0.3 is 20.9 Å². The highest BCUT2D eigenvalue weighted by atomic mass is 19.2. The summed E-state index contributed by atoms with van der Waals surface area (Å²) < 4.78 is 30.6. The Morgan fingerprint density at radius 3 is 2.43 bits per heavy atom. The molecule has 7 nitrogen and oxygen atoms in total. The summed E-state index contributed by atoms with van der Waals surface area (Å²) in [5.74, 6) is -6.48. The summed E-state index contributed by atoms with van der Waals surface area (Å²) >= 11 is 0. The standard InChI is InChI=1S/C12H12F2N2O5/c1-2-21-12(20)9(15)10(17)16-8-4-7(14)6(13)3-5(8)11(18)19/h3-4,9H,2,15H2,1H3,(H,16,17)(H,18,19). The van der Waals surface area contributed by atoms with Gasteiger partial charge in [0, 0.05) is 6.07 Å². The molecule has 9 heteroatoms. The lowest BCUT2D eigenvalue weighted by Crippen LogP contribution is -2.43. The molecular weight excluding hydrogens is 290 g/mol. The van der Waals surface area contributed by atoms with Crippen LogP contribution in [0.2, 0.25) is 0 Å². The number of halogens is 2. The molecule has 1 aromatic rings. The minimum absolute atomic E-state index is 0.00857. The Morgan fingerprint density at radius 2 is 1.90 bits per heavy atom. The highest BCUT2D eigenvalue weighted by Crippen LogP contribution is 2.20. The second-order valence-electron chi connectivity index (χ2n) is 3.84. The van der Waals surface area contributed by atoms with E-state index < -0.39 is 46.8 Å². The van der Waals surface area contributed by atoms with Crippen LogP contribution in [-0.4, -0.2) is 35.6 Å². The first-order valence-corrected chi connectivity index (χ1v) is 5.73. The van der Waals surface area contributed by atoms with Gasteiger partial charge in [0.2, 0.25) is 0 Å². The molecule has 1 unspecified atom stereocenters. The highest BCUT2D eigenvalue weighted by molar-refractivity contribution is 6.10. The number of benzene rings is 1. The lowest BCUT2D eigenvalue weighted by atomic mass is 10.1. The van der Waals surface area contributed by atoms with Gasteiger partial charge in [-0.05, 0) is 13.0 Å². The highest BCUT2D eigenvalue weighted by Gasteiger charge is 2.25. The molecule has 0 saturated heterocycles. The van der Waals surface area contributed by atoms with Crippen molar-refractivity contribution in [2.75, 3.05) is 11.9 Å². The number of ether oxygens (including phenoxy) is 1. The second kappa shape index (κ2) is 6.75. The smallest absolute Gasteiger partial charge is 0.337 e. The summed E-state index contributed by atoms with van der Waals surface area (Å²) in [4.78, 5) is 33.8. The average molecular weight is 302 g/mol. The van der Waals surface area contributed by atoms with Crippen molar-refractivity contribution in [2.24, 2.45) is 5.73 Å². The van der Waals surface area contributed by atoms with Crippen LogP contribution in [0, 0.1) is 11.6 Å². The van der Waals surface area contributed by atoms with Crippen molar-refractivity contribution in [1.82, 2.24) is 0 Å². The lowest BCUT2D eigenvalue weighted by Gasteiger charge is -2.13. The molecule has 0 saturated carbocycles. The van der Waals surface area contributed by atoms with E-state index in [9.17, 15) is 23.2 Å². The van der Waals surface area contributed by atoms with Gasteiger partial charge in [0.05, 0.1) is 17.9 Å². The van der Waals surface area contributed by atoms with Gasteiger partial charge in [-0.15, -0.1) is 0 Å². The van der Waals surface area contributed by atoms with Crippen molar-refractivity contribution in [2.45, 2.75) is 13.0 Å². The fourth-order valence-corrected chi connectivity index (χ4v) is 1.38. The molecule has 1 rings (SSSR count). The van der Waals surface area contributed by atoms with Crippen LogP contribution in [0.5, 0.6) is 0 Å². The number of carbonyl (C=O) groups excluding carboxylic acids is 2. The van der Waals surface area contributed by atoms with E-state index in [0.717, 1.165) is 0 Å². The van der Waals surface area contributed by atoms with Crippen LogP contribution in [0.25, 0.3) is 0 Å². The van der Waals surface area contributed by atoms with Crippen LogP contribution in [0.1, 0.15) is 17.3 Å². The molecule has 1 aromatic carbocycles. The van der Waals surface area contributed by atoms with Crippen LogP contribution in [0.15, 0.2) is 12.1 Å². The predicted octanol–water partition coefficient (Wildman–Crippen LogP) is 0.492. The summed E-state index contributed by atoms with van der Waals surface area (Å²) in [5.41, 5.74) is 4.08. The van der Waals surface area contributed by atoms with Crippen LogP contribution < -0.4 is 11.1 Å². The quantitative estimate of drug-likeness (QED) is 0.538. The maximum Gasteiger partial charge on any atom is 0.337 e. The number of esters is 1. The number of nitrogens with one attached hydrogen (secondary N) is 1. The number of carbonyl (C=O) groups is 3. The molecule has 0 bridgehead atoms. The number of nitrogens with two attached hydrogens (primary N) is 1. The van der Waals surface area contributed by atoms with Gasteiger partial charge >= 0.3 is 11.9 Å². The molecule has 4 N–H and O–H groups in total. The minimum atomic E-state index is -1.72. The lowest BCUT2D eigenvalue weighted by molar-refractivity contribution is -0.146. The zero-order chi connectivity index (χ0) is 16.2. The molecule has 0 aromatic heterocycles. The van der Waals surface area contributed by atoms with Gasteiger partial charge in [0.15, 0.2) is 17.7 Å². The summed E-state index contributed by atoms with van der Waals surface area (Å²) in [6, 6.07) is -0.836. The van der Waals surface area contributed by atoms with Gasteiger partial charge in [-0.3, -0.25) is 4.79 Å². The van der Waals surface area contributed by atoms with Crippen molar-refractivity contribution in [3.8, 4) is 0 Å². The first kappa shape index (κ1) is 16.5. The number of anilines is 1. The number of amides is 1. The van der Waals surface area contributed by atoms with E-state index in [1.165, 1.54) is 6.92 Å². The fraction of sp³-hybridized carbons (Fsp3) is 0.250. The third-order valence-corrected chi connectivity index (χ3v) is 2.37. The maximum atomic E-state index is 13.1. The molecular formula is C12H12F2N2O5. The van der Waals surface area contributed by atoms with Crippen LogP contribution in [0.3, 0.4) is 0 Å². The number of carboxylic acids is 1. The number of hydrogen-bond donors (Lipinski definition) is 3. The van der Waals surface area contributed by atoms with Crippen molar-refractivity contribution < 1.29 is 33.0 Å². The van der Waals surface area contributed by atoms with Crippen LogP contribution in [-0.2, 0) is 14.3 Å². The molecule has 0 radical (unpaired) electrons. The Hall–Kier alpha value is -2.55. The summed E-state index contributed by atoms with van der Waals surface area (Å²) in [6.45, 7) is 1.49. The summed E-state index contributed by atoms with van der Waals surface area (Å²) in [7, 11) is 0. The molecule has 1 atom stereocenters. The first-order valence-electron chi connectivity index (χ1n) is 5.73.